The molecule has 2 aliphatic heterocycles. The van der Waals surface area contributed by atoms with Gasteiger partial charge >= 0.3 is 6.18 Å². The third-order valence-corrected chi connectivity index (χ3v) is 6.94. The molecule has 5 nitrogen and oxygen atoms in total. The highest BCUT2D eigenvalue weighted by Crippen LogP contribution is 2.31. The second-order valence-corrected chi connectivity index (χ2v) is 9.21. The number of hydrogen-bond acceptors (Lipinski definition) is 3. The average Bonchev–Trinajstić information content (AvgIpc) is 2.88. The van der Waals surface area contributed by atoms with Crippen LogP contribution in [0.25, 0.3) is 11.1 Å². The lowest BCUT2D eigenvalue weighted by atomic mass is 9.99. The van der Waals surface area contributed by atoms with Crippen LogP contribution in [0.15, 0.2) is 78.9 Å². The smallest absolute Gasteiger partial charge is 0.336 e. The Labute approximate surface area is 207 Å². The van der Waals surface area contributed by atoms with Crippen LogP contribution in [-0.4, -0.2) is 71.8 Å². The van der Waals surface area contributed by atoms with Crippen LogP contribution in [0.2, 0.25) is 0 Å². The zero-order valence-corrected chi connectivity index (χ0v) is 19.6. The van der Waals surface area contributed by atoms with Gasteiger partial charge in [0.15, 0.2) is 0 Å². The summed E-state index contributed by atoms with van der Waals surface area (Å²) in [5.41, 5.74) is 1.84. The summed E-state index contributed by atoms with van der Waals surface area (Å²) in [5.74, 6) is -0.0357. The third-order valence-electron chi connectivity index (χ3n) is 6.94. The van der Waals surface area contributed by atoms with Gasteiger partial charge in [-0.1, -0.05) is 42.5 Å². The van der Waals surface area contributed by atoms with Crippen molar-refractivity contribution in [1.29, 1.82) is 0 Å². The van der Waals surface area contributed by atoms with E-state index in [0.29, 0.717) is 48.4 Å². The predicted octanol–water partition coefficient (Wildman–Crippen LogP) is 4.65. The van der Waals surface area contributed by atoms with Gasteiger partial charge in [-0.15, -0.1) is 0 Å². The van der Waals surface area contributed by atoms with Gasteiger partial charge in [0.1, 0.15) is 0 Å². The zero-order chi connectivity index (χ0) is 25.3. The number of benzene rings is 3. The first-order valence-electron chi connectivity index (χ1n) is 11.9. The summed E-state index contributed by atoms with van der Waals surface area (Å²) in [6, 6.07) is 21.5. The second kappa shape index (κ2) is 9.78. The molecule has 2 saturated heterocycles. The second-order valence-electron chi connectivity index (χ2n) is 9.21. The van der Waals surface area contributed by atoms with Gasteiger partial charge in [0.25, 0.3) is 11.8 Å². The summed E-state index contributed by atoms with van der Waals surface area (Å²) in [6.45, 7) is 4.11. The van der Waals surface area contributed by atoms with Crippen molar-refractivity contribution in [2.75, 3.05) is 39.3 Å². The molecule has 0 bridgehead atoms. The lowest BCUT2D eigenvalue weighted by molar-refractivity contribution is -0.137. The van der Waals surface area contributed by atoms with E-state index in [-0.39, 0.29) is 17.9 Å². The van der Waals surface area contributed by atoms with Gasteiger partial charge in [0.2, 0.25) is 0 Å². The van der Waals surface area contributed by atoms with E-state index < -0.39 is 11.7 Å². The predicted molar refractivity (Wildman–Crippen MR) is 130 cm³/mol. The van der Waals surface area contributed by atoms with Crippen LogP contribution in [-0.2, 0) is 6.18 Å². The Morgan fingerprint density at radius 3 is 1.92 bits per heavy atom. The minimum atomic E-state index is -4.38. The first kappa shape index (κ1) is 24.1. The van der Waals surface area contributed by atoms with Crippen molar-refractivity contribution in [1.82, 2.24) is 14.7 Å². The largest absolute Gasteiger partial charge is 0.416 e. The fourth-order valence-corrected chi connectivity index (χ4v) is 4.77. The number of alkyl halides is 3. The van der Waals surface area contributed by atoms with E-state index in [9.17, 15) is 22.8 Å². The number of amides is 2. The van der Waals surface area contributed by atoms with Crippen molar-refractivity contribution in [2.24, 2.45) is 0 Å². The maximum Gasteiger partial charge on any atom is 0.416 e. The van der Waals surface area contributed by atoms with Gasteiger partial charge in [-0.05, 0) is 47.5 Å². The number of carbonyl (C=O) groups is 2. The maximum absolute atomic E-state index is 13.0. The Morgan fingerprint density at radius 1 is 0.667 bits per heavy atom. The average molecular weight is 494 g/mol. The summed E-state index contributed by atoms with van der Waals surface area (Å²) in [6.07, 6.45) is -4.38. The Bertz CT molecular complexity index is 1230. The lowest BCUT2D eigenvalue weighted by Crippen LogP contribution is -2.64. The quantitative estimate of drug-likeness (QED) is 0.531. The van der Waals surface area contributed by atoms with Crippen molar-refractivity contribution in [3.8, 4) is 11.1 Å². The molecule has 5 rings (SSSR count). The molecule has 0 spiro atoms. The van der Waals surface area contributed by atoms with E-state index in [1.807, 2.05) is 35.2 Å². The fourth-order valence-electron chi connectivity index (χ4n) is 4.77. The van der Waals surface area contributed by atoms with Gasteiger partial charge in [0.05, 0.1) is 5.56 Å². The van der Waals surface area contributed by atoms with Crippen LogP contribution in [0.5, 0.6) is 0 Å². The van der Waals surface area contributed by atoms with Crippen LogP contribution < -0.4 is 0 Å². The van der Waals surface area contributed by atoms with Crippen LogP contribution in [0.1, 0.15) is 26.3 Å². The Hall–Kier alpha value is -3.65. The number of likely N-dealkylation sites (tertiary alicyclic amines) is 1. The fraction of sp³-hybridized carbons (Fsp3) is 0.286. The molecule has 2 amide bonds. The van der Waals surface area contributed by atoms with E-state index >= 15 is 0 Å². The molecular formula is C28H26F3N3O2. The molecule has 0 aliphatic carbocycles. The highest BCUT2D eigenvalue weighted by molar-refractivity contribution is 5.96. The number of carbonyl (C=O) groups excluding carboxylic acids is 2. The third kappa shape index (κ3) is 4.99. The van der Waals surface area contributed by atoms with E-state index in [2.05, 4.69) is 4.90 Å². The first-order valence-corrected chi connectivity index (χ1v) is 11.9. The molecule has 2 heterocycles. The standard InChI is InChI=1S/C28H26F3N3O2/c29-28(30,31)24-11-9-20(10-12-24)22-7-4-8-23(17-22)27(36)34-18-25(19-34)32-13-15-33(16-14-32)26(35)21-5-2-1-3-6-21/h1-12,17,25H,13-16,18-19H2. The monoisotopic (exact) mass is 493 g/mol. The molecule has 0 atom stereocenters. The summed E-state index contributed by atoms with van der Waals surface area (Å²) in [4.78, 5) is 31.7. The van der Waals surface area contributed by atoms with Gasteiger partial charge in [-0.2, -0.15) is 13.2 Å². The van der Waals surface area contributed by atoms with E-state index in [4.69, 9.17) is 0 Å². The zero-order valence-electron chi connectivity index (χ0n) is 19.6. The molecule has 3 aromatic carbocycles. The molecule has 8 heteroatoms. The minimum absolute atomic E-state index is 0.0496. The lowest BCUT2D eigenvalue weighted by Gasteiger charge is -2.48. The highest BCUT2D eigenvalue weighted by Gasteiger charge is 2.37. The van der Waals surface area contributed by atoms with Gasteiger partial charge in [-0.3, -0.25) is 14.5 Å². The number of nitrogens with zero attached hydrogens (tertiary/aromatic N) is 3. The molecule has 0 saturated carbocycles. The highest BCUT2D eigenvalue weighted by atomic mass is 19.4. The maximum atomic E-state index is 13.0. The molecule has 0 aromatic heterocycles. The Balaban J connectivity index is 1.15. The SMILES string of the molecule is O=C(c1ccccc1)N1CCN(C2CN(C(=O)c3cccc(-c4ccc(C(F)(F)F)cc4)c3)C2)CC1. The number of piperazine rings is 1. The number of hydrogen-bond donors (Lipinski definition) is 0. The van der Waals surface area contributed by atoms with Crippen LogP contribution in [0, 0.1) is 0 Å². The molecule has 2 fully saturated rings. The van der Waals surface area contributed by atoms with Crippen molar-refractivity contribution in [3.05, 3.63) is 95.6 Å². The number of halogens is 3. The molecule has 186 valence electrons. The van der Waals surface area contributed by atoms with Crippen molar-refractivity contribution in [2.45, 2.75) is 12.2 Å². The topological polar surface area (TPSA) is 43.9 Å². The Kier molecular flexibility index (Phi) is 6.53. The van der Waals surface area contributed by atoms with Gasteiger partial charge < -0.3 is 9.80 Å². The minimum Gasteiger partial charge on any atom is -0.336 e. The molecule has 3 aromatic rings. The molecule has 0 unspecified atom stereocenters. The summed E-state index contributed by atoms with van der Waals surface area (Å²) in [7, 11) is 0. The van der Waals surface area contributed by atoms with Crippen molar-refractivity contribution < 1.29 is 22.8 Å². The number of rotatable bonds is 4. The molecule has 2 aliphatic rings. The molecular weight excluding hydrogens is 467 g/mol. The van der Waals surface area contributed by atoms with E-state index in [1.165, 1.54) is 12.1 Å². The van der Waals surface area contributed by atoms with E-state index in [0.717, 1.165) is 25.2 Å². The van der Waals surface area contributed by atoms with Crippen molar-refractivity contribution >= 4 is 11.8 Å². The Morgan fingerprint density at radius 2 is 1.28 bits per heavy atom. The van der Waals surface area contributed by atoms with Gasteiger partial charge in [-0.25, -0.2) is 0 Å². The van der Waals surface area contributed by atoms with Crippen molar-refractivity contribution in [3.63, 3.8) is 0 Å². The molecule has 0 N–H and O–H groups in total. The molecule has 36 heavy (non-hydrogen) atoms. The summed E-state index contributed by atoms with van der Waals surface area (Å²) < 4.78 is 38.5. The van der Waals surface area contributed by atoms with Crippen LogP contribution >= 0.6 is 0 Å². The first-order chi connectivity index (χ1) is 17.3. The van der Waals surface area contributed by atoms with Crippen LogP contribution in [0.3, 0.4) is 0 Å². The molecule has 0 radical (unpaired) electrons. The summed E-state index contributed by atoms with van der Waals surface area (Å²) in [5, 5.41) is 0. The van der Waals surface area contributed by atoms with Gasteiger partial charge in [0, 0.05) is 56.4 Å². The normalized spacial score (nSPS) is 17.1. The van der Waals surface area contributed by atoms with E-state index in [1.54, 1.807) is 29.2 Å². The summed E-state index contributed by atoms with van der Waals surface area (Å²) >= 11 is 0. The van der Waals surface area contributed by atoms with Crippen LogP contribution in [0.4, 0.5) is 13.2 Å².